The van der Waals surface area contributed by atoms with Crippen LogP contribution in [0, 0.1) is 6.92 Å². The summed E-state index contributed by atoms with van der Waals surface area (Å²) >= 11 is 1.46. The van der Waals surface area contributed by atoms with Crippen LogP contribution in [0.3, 0.4) is 0 Å². The predicted octanol–water partition coefficient (Wildman–Crippen LogP) is 3.88. The quantitative estimate of drug-likeness (QED) is 0.455. The fraction of sp³-hybridized carbons (Fsp3) is 0.211. The van der Waals surface area contributed by atoms with Crippen LogP contribution in [0.1, 0.15) is 23.6 Å². The van der Waals surface area contributed by atoms with Gasteiger partial charge in [-0.15, -0.1) is 15.3 Å². The minimum atomic E-state index is -0.117. The number of aryl methyl sites for hydroxylation is 1. The van der Waals surface area contributed by atoms with Crippen LogP contribution < -0.4 is 4.74 Å². The van der Waals surface area contributed by atoms with Gasteiger partial charge in [-0.3, -0.25) is 0 Å². The highest BCUT2D eigenvalue weighted by molar-refractivity contribution is 7.99. The van der Waals surface area contributed by atoms with Gasteiger partial charge in [0.15, 0.2) is 0 Å². The number of hydrogen-bond donors (Lipinski definition) is 0. The SMILES string of the molecule is COc1ccc(-c2nnc([C@H](C)Sc3nnnn3-c3ccccc3C)o2)cc1. The third-order valence-corrected chi connectivity index (χ3v) is 5.21. The van der Waals surface area contributed by atoms with Gasteiger partial charge in [-0.1, -0.05) is 30.0 Å². The highest BCUT2D eigenvalue weighted by atomic mass is 32.2. The smallest absolute Gasteiger partial charge is 0.247 e. The van der Waals surface area contributed by atoms with Crippen molar-refractivity contribution in [3.63, 3.8) is 0 Å². The Labute approximate surface area is 165 Å². The molecule has 28 heavy (non-hydrogen) atoms. The molecule has 0 saturated heterocycles. The fourth-order valence-corrected chi connectivity index (χ4v) is 3.49. The van der Waals surface area contributed by atoms with Gasteiger partial charge >= 0.3 is 0 Å². The number of tetrazole rings is 1. The molecule has 9 heteroatoms. The van der Waals surface area contributed by atoms with E-state index in [9.17, 15) is 0 Å². The van der Waals surface area contributed by atoms with Gasteiger partial charge in [0.25, 0.3) is 0 Å². The van der Waals surface area contributed by atoms with Gasteiger partial charge in [0.1, 0.15) is 5.75 Å². The molecular weight excluding hydrogens is 376 g/mol. The van der Waals surface area contributed by atoms with Crippen molar-refractivity contribution in [1.82, 2.24) is 30.4 Å². The van der Waals surface area contributed by atoms with Crippen LogP contribution in [0.15, 0.2) is 58.1 Å². The summed E-state index contributed by atoms with van der Waals surface area (Å²) in [6, 6.07) is 15.4. The molecule has 4 rings (SSSR count). The number of rotatable bonds is 6. The lowest BCUT2D eigenvalue weighted by Gasteiger charge is -2.09. The molecule has 0 aliphatic rings. The van der Waals surface area contributed by atoms with Gasteiger partial charge in [-0.05, 0) is 60.2 Å². The molecule has 0 saturated carbocycles. The molecule has 2 aromatic heterocycles. The monoisotopic (exact) mass is 394 g/mol. The number of benzene rings is 2. The Hall–Kier alpha value is -3.20. The summed E-state index contributed by atoms with van der Waals surface area (Å²) in [6.45, 7) is 4.00. The highest BCUT2D eigenvalue weighted by Gasteiger charge is 2.20. The summed E-state index contributed by atoms with van der Waals surface area (Å²) in [5.74, 6) is 1.74. The summed E-state index contributed by atoms with van der Waals surface area (Å²) in [5, 5.41) is 21.0. The Morgan fingerprint density at radius 1 is 1.04 bits per heavy atom. The number of nitrogens with zero attached hydrogens (tertiary/aromatic N) is 6. The maximum absolute atomic E-state index is 5.86. The van der Waals surface area contributed by atoms with Crippen molar-refractivity contribution in [3.8, 4) is 22.9 Å². The number of para-hydroxylation sites is 1. The highest BCUT2D eigenvalue weighted by Crippen LogP contribution is 2.35. The summed E-state index contributed by atoms with van der Waals surface area (Å²) in [5.41, 5.74) is 2.86. The average Bonchev–Trinajstić information content (AvgIpc) is 3.38. The molecule has 0 unspecified atom stereocenters. The van der Waals surface area contributed by atoms with E-state index in [4.69, 9.17) is 9.15 Å². The molecule has 0 fully saturated rings. The van der Waals surface area contributed by atoms with Crippen LogP contribution in [0.4, 0.5) is 0 Å². The van der Waals surface area contributed by atoms with Crippen LogP contribution in [0.25, 0.3) is 17.1 Å². The van der Waals surface area contributed by atoms with E-state index < -0.39 is 0 Å². The Morgan fingerprint density at radius 2 is 1.82 bits per heavy atom. The lowest BCUT2D eigenvalue weighted by Crippen LogP contribution is -2.02. The lowest BCUT2D eigenvalue weighted by molar-refractivity contribution is 0.415. The fourth-order valence-electron chi connectivity index (χ4n) is 2.66. The van der Waals surface area contributed by atoms with Gasteiger partial charge in [0, 0.05) is 5.56 Å². The largest absolute Gasteiger partial charge is 0.497 e. The molecule has 1 atom stereocenters. The molecule has 0 radical (unpaired) electrons. The number of thioether (sulfide) groups is 1. The second kappa shape index (κ2) is 7.81. The molecule has 0 bridgehead atoms. The first-order chi connectivity index (χ1) is 13.7. The van der Waals surface area contributed by atoms with Crippen LogP contribution in [0.5, 0.6) is 5.75 Å². The molecule has 142 valence electrons. The predicted molar refractivity (Wildman–Crippen MR) is 104 cm³/mol. The standard InChI is InChI=1S/C19H18N6O2S/c1-12-6-4-5-7-16(12)25-19(22-23-24-25)28-13(2)17-20-21-18(27-17)14-8-10-15(26-3)11-9-14/h4-11,13H,1-3H3/t13-/m0/s1. The zero-order chi connectivity index (χ0) is 19.5. The van der Waals surface area contributed by atoms with Crippen molar-refractivity contribution in [1.29, 1.82) is 0 Å². The maximum atomic E-state index is 5.86. The molecule has 0 aliphatic heterocycles. The van der Waals surface area contributed by atoms with Crippen LogP contribution in [-0.4, -0.2) is 37.5 Å². The van der Waals surface area contributed by atoms with E-state index in [1.807, 2.05) is 62.4 Å². The van der Waals surface area contributed by atoms with Crippen LogP contribution >= 0.6 is 11.8 Å². The first-order valence-corrected chi connectivity index (χ1v) is 9.52. The van der Waals surface area contributed by atoms with Gasteiger partial charge in [0.2, 0.25) is 16.9 Å². The van der Waals surface area contributed by atoms with Gasteiger partial charge in [0.05, 0.1) is 18.0 Å². The van der Waals surface area contributed by atoms with E-state index >= 15 is 0 Å². The van der Waals surface area contributed by atoms with Crippen molar-refractivity contribution < 1.29 is 9.15 Å². The number of aromatic nitrogens is 6. The lowest BCUT2D eigenvalue weighted by atomic mass is 10.2. The second-order valence-electron chi connectivity index (χ2n) is 6.09. The summed E-state index contributed by atoms with van der Waals surface area (Å²) in [6.07, 6.45) is 0. The number of methoxy groups -OCH3 is 1. The van der Waals surface area contributed by atoms with E-state index in [2.05, 4.69) is 25.7 Å². The van der Waals surface area contributed by atoms with Gasteiger partial charge in [-0.25, -0.2) is 0 Å². The van der Waals surface area contributed by atoms with Crippen molar-refractivity contribution in [3.05, 3.63) is 60.0 Å². The molecule has 0 N–H and O–H groups in total. The Bertz CT molecular complexity index is 1080. The summed E-state index contributed by atoms with van der Waals surface area (Å²) in [7, 11) is 1.63. The van der Waals surface area contributed by atoms with E-state index in [0.29, 0.717) is 16.9 Å². The molecule has 8 nitrogen and oxygen atoms in total. The number of hydrogen-bond acceptors (Lipinski definition) is 8. The molecular formula is C19H18N6O2S. The van der Waals surface area contributed by atoms with Crippen molar-refractivity contribution in [2.75, 3.05) is 7.11 Å². The second-order valence-corrected chi connectivity index (χ2v) is 7.40. The maximum Gasteiger partial charge on any atom is 0.247 e. The van der Waals surface area contributed by atoms with Crippen molar-refractivity contribution in [2.24, 2.45) is 0 Å². The minimum Gasteiger partial charge on any atom is -0.497 e. The van der Waals surface area contributed by atoms with E-state index in [-0.39, 0.29) is 5.25 Å². The van der Waals surface area contributed by atoms with Crippen LogP contribution in [0.2, 0.25) is 0 Å². The first kappa shape index (κ1) is 18.2. The van der Waals surface area contributed by atoms with Gasteiger partial charge in [-0.2, -0.15) is 4.68 Å². The zero-order valence-electron chi connectivity index (χ0n) is 15.6. The Kier molecular flexibility index (Phi) is 5.07. The van der Waals surface area contributed by atoms with E-state index in [0.717, 1.165) is 22.6 Å². The average molecular weight is 394 g/mol. The zero-order valence-corrected chi connectivity index (χ0v) is 16.4. The minimum absolute atomic E-state index is 0.117. The third-order valence-electron chi connectivity index (χ3n) is 4.19. The van der Waals surface area contributed by atoms with Crippen LogP contribution in [-0.2, 0) is 0 Å². The topological polar surface area (TPSA) is 91.8 Å². The Balaban J connectivity index is 1.54. The molecule has 2 heterocycles. The first-order valence-electron chi connectivity index (χ1n) is 8.64. The Morgan fingerprint density at radius 3 is 2.57 bits per heavy atom. The molecule has 4 aromatic rings. The van der Waals surface area contributed by atoms with Crippen molar-refractivity contribution >= 4 is 11.8 Å². The molecule has 0 amide bonds. The summed E-state index contributed by atoms with van der Waals surface area (Å²) in [4.78, 5) is 0. The summed E-state index contributed by atoms with van der Waals surface area (Å²) < 4.78 is 12.8. The van der Waals surface area contributed by atoms with E-state index in [1.54, 1.807) is 11.8 Å². The molecule has 0 aliphatic carbocycles. The molecule has 2 aromatic carbocycles. The van der Waals surface area contributed by atoms with Crippen molar-refractivity contribution in [2.45, 2.75) is 24.3 Å². The van der Waals surface area contributed by atoms with E-state index in [1.165, 1.54) is 11.8 Å². The normalized spacial score (nSPS) is 12.1. The molecule has 0 spiro atoms. The van der Waals surface area contributed by atoms with Gasteiger partial charge < -0.3 is 9.15 Å². The number of ether oxygens (including phenoxy) is 1. The third kappa shape index (κ3) is 3.61.